The molecule has 0 fully saturated rings. The van der Waals surface area contributed by atoms with E-state index in [4.69, 9.17) is 5.73 Å². The number of rotatable bonds is 5. The van der Waals surface area contributed by atoms with Gasteiger partial charge in [-0.15, -0.1) is 5.10 Å². The zero-order chi connectivity index (χ0) is 13.9. The van der Waals surface area contributed by atoms with E-state index < -0.39 is 0 Å². The number of aryl methyl sites for hydroxylation is 1. The predicted molar refractivity (Wildman–Crippen MR) is 78.3 cm³/mol. The van der Waals surface area contributed by atoms with Gasteiger partial charge in [-0.1, -0.05) is 25.5 Å². The molecule has 6 nitrogen and oxygen atoms in total. The molecule has 3 rings (SSSR count). The minimum Gasteiger partial charge on any atom is -0.397 e. The summed E-state index contributed by atoms with van der Waals surface area (Å²) in [7, 11) is 0. The zero-order valence-electron chi connectivity index (χ0n) is 11.8. The summed E-state index contributed by atoms with van der Waals surface area (Å²) in [5.41, 5.74) is 9.42. The van der Waals surface area contributed by atoms with Gasteiger partial charge in [-0.2, -0.15) is 0 Å². The Balaban J connectivity index is 1.79. The summed E-state index contributed by atoms with van der Waals surface area (Å²) in [5, 5.41) is 12.0. The second-order valence-corrected chi connectivity index (χ2v) is 5.20. The van der Waals surface area contributed by atoms with Crippen LogP contribution in [0.15, 0.2) is 18.2 Å². The van der Waals surface area contributed by atoms with E-state index in [1.807, 2.05) is 16.8 Å². The van der Waals surface area contributed by atoms with E-state index in [2.05, 4.69) is 33.4 Å². The maximum atomic E-state index is 6.11. The van der Waals surface area contributed by atoms with E-state index >= 15 is 0 Å². The van der Waals surface area contributed by atoms with E-state index in [-0.39, 0.29) is 0 Å². The third kappa shape index (κ3) is 2.33. The standard InChI is InChI=1S/C14H20N6/c1-2-3-8-20-13(16-17-18-20)10-19-9-7-11-5-4-6-12(15)14(11)19/h4-6H,2-3,7-10,15H2,1H3. The lowest BCUT2D eigenvalue weighted by atomic mass is 10.1. The quantitative estimate of drug-likeness (QED) is 0.837. The van der Waals surface area contributed by atoms with Crippen LogP contribution < -0.4 is 10.6 Å². The van der Waals surface area contributed by atoms with Gasteiger partial charge in [-0.25, -0.2) is 4.68 Å². The third-order valence-corrected chi connectivity index (χ3v) is 3.78. The zero-order valence-corrected chi connectivity index (χ0v) is 11.8. The number of nitrogen functional groups attached to an aromatic ring is 1. The van der Waals surface area contributed by atoms with Crippen molar-refractivity contribution >= 4 is 11.4 Å². The van der Waals surface area contributed by atoms with Crippen LogP contribution in [0.5, 0.6) is 0 Å². The number of nitrogens with two attached hydrogens (primary N) is 1. The van der Waals surface area contributed by atoms with Gasteiger partial charge in [0, 0.05) is 13.1 Å². The highest BCUT2D eigenvalue weighted by molar-refractivity contribution is 5.74. The number of nitrogens with zero attached hydrogens (tertiary/aromatic N) is 5. The molecule has 1 aliphatic rings. The third-order valence-electron chi connectivity index (χ3n) is 3.78. The number of unbranched alkanes of at least 4 members (excludes halogenated alkanes) is 1. The van der Waals surface area contributed by atoms with E-state index in [0.717, 1.165) is 56.1 Å². The first-order valence-electron chi connectivity index (χ1n) is 7.17. The Morgan fingerprint density at radius 3 is 3.10 bits per heavy atom. The largest absolute Gasteiger partial charge is 0.397 e. The first-order valence-corrected chi connectivity index (χ1v) is 7.17. The van der Waals surface area contributed by atoms with Crippen molar-refractivity contribution in [3.63, 3.8) is 0 Å². The van der Waals surface area contributed by atoms with Gasteiger partial charge < -0.3 is 10.6 Å². The molecule has 0 unspecified atom stereocenters. The van der Waals surface area contributed by atoms with Crippen LogP contribution in [0.4, 0.5) is 11.4 Å². The average molecular weight is 272 g/mol. The lowest BCUT2D eigenvalue weighted by molar-refractivity contribution is 0.529. The second-order valence-electron chi connectivity index (χ2n) is 5.20. The number of fused-ring (bicyclic) bond motifs is 1. The Bertz CT molecular complexity index is 591. The van der Waals surface area contributed by atoms with E-state index in [0.29, 0.717) is 0 Å². The molecule has 2 N–H and O–H groups in total. The summed E-state index contributed by atoms with van der Waals surface area (Å²) in [4.78, 5) is 2.28. The van der Waals surface area contributed by atoms with Gasteiger partial charge in [0.25, 0.3) is 0 Å². The molecule has 0 saturated carbocycles. The van der Waals surface area contributed by atoms with Gasteiger partial charge in [-0.05, 0) is 34.9 Å². The summed E-state index contributed by atoms with van der Waals surface area (Å²) in [6.07, 6.45) is 3.27. The van der Waals surface area contributed by atoms with Gasteiger partial charge in [0.2, 0.25) is 0 Å². The number of benzene rings is 1. The van der Waals surface area contributed by atoms with Crippen LogP contribution in [-0.2, 0) is 19.5 Å². The van der Waals surface area contributed by atoms with Crippen LogP contribution in [0.1, 0.15) is 31.2 Å². The minimum absolute atomic E-state index is 0.720. The summed E-state index contributed by atoms with van der Waals surface area (Å²) in [5.74, 6) is 0.912. The second kappa shape index (κ2) is 5.48. The van der Waals surface area contributed by atoms with Gasteiger partial charge >= 0.3 is 0 Å². The van der Waals surface area contributed by atoms with Gasteiger partial charge in [0.05, 0.1) is 17.9 Å². The normalized spacial score (nSPS) is 13.8. The molecule has 20 heavy (non-hydrogen) atoms. The average Bonchev–Trinajstić information content (AvgIpc) is 3.05. The monoisotopic (exact) mass is 272 g/mol. The van der Waals surface area contributed by atoms with Crippen molar-refractivity contribution in [1.82, 2.24) is 20.2 Å². The Morgan fingerprint density at radius 2 is 2.25 bits per heavy atom. The van der Waals surface area contributed by atoms with Crippen LogP contribution in [0.25, 0.3) is 0 Å². The lowest BCUT2D eigenvalue weighted by Crippen LogP contribution is -2.23. The summed E-state index contributed by atoms with van der Waals surface area (Å²) in [6, 6.07) is 6.12. The summed E-state index contributed by atoms with van der Waals surface area (Å²) in [6.45, 7) is 4.74. The summed E-state index contributed by atoms with van der Waals surface area (Å²) >= 11 is 0. The molecule has 0 amide bonds. The number of para-hydroxylation sites is 1. The highest BCUT2D eigenvalue weighted by Gasteiger charge is 2.23. The van der Waals surface area contributed by atoms with Gasteiger partial charge in [0.15, 0.2) is 5.82 Å². The van der Waals surface area contributed by atoms with Crippen molar-refractivity contribution in [2.45, 2.75) is 39.3 Å². The fraction of sp³-hybridized carbons (Fsp3) is 0.500. The molecule has 0 bridgehead atoms. The fourth-order valence-electron chi connectivity index (χ4n) is 2.71. The van der Waals surface area contributed by atoms with Crippen molar-refractivity contribution in [2.75, 3.05) is 17.2 Å². The van der Waals surface area contributed by atoms with Crippen molar-refractivity contribution in [3.8, 4) is 0 Å². The first kappa shape index (κ1) is 12.9. The molecule has 0 atom stereocenters. The predicted octanol–water partition coefficient (Wildman–Crippen LogP) is 1.62. The highest BCUT2D eigenvalue weighted by Crippen LogP contribution is 2.34. The maximum absolute atomic E-state index is 6.11. The van der Waals surface area contributed by atoms with Crippen LogP contribution in [0.2, 0.25) is 0 Å². The van der Waals surface area contributed by atoms with Crippen LogP contribution >= 0.6 is 0 Å². The van der Waals surface area contributed by atoms with Crippen LogP contribution in [0, 0.1) is 0 Å². The molecule has 0 aliphatic carbocycles. The minimum atomic E-state index is 0.720. The van der Waals surface area contributed by atoms with E-state index in [1.54, 1.807) is 0 Å². The number of hydrogen-bond acceptors (Lipinski definition) is 5. The van der Waals surface area contributed by atoms with E-state index in [1.165, 1.54) is 5.56 Å². The molecule has 0 radical (unpaired) electrons. The lowest BCUT2D eigenvalue weighted by Gasteiger charge is -2.20. The van der Waals surface area contributed by atoms with Gasteiger partial charge in [0.1, 0.15) is 0 Å². The van der Waals surface area contributed by atoms with Crippen molar-refractivity contribution < 1.29 is 0 Å². The van der Waals surface area contributed by atoms with Crippen molar-refractivity contribution in [3.05, 3.63) is 29.6 Å². The molecule has 1 aromatic carbocycles. The maximum Gasteiger partial charge on any atom is 0.170 e. The SMILES string of the molecule is CCCCn1nnnc1CN1CCc2cccc(N)c21. The molecule has 1 aromatic heterocycles. The number of aromatic nitrogens is 4. The molecule has 106 valence electrons. The number of anilines is 2. The highest BCUT2D eigenvalue weighted by atomic mass is 15.5. The van der Waals surface area contributed by atoms with Crippen LogP contribution in [-0.4, -0.2) is 26.8 Å². The Kier molecular flexibility index (Phi) is 3.54. The molecule has 2 aromatic rings. The fourth-order valence-corrected chi connectivity index (χ4v) is 2.71. The molecular weight excluding hydrogens is 252 g/mol. The molecule has 6 heteroatoms. The van der Waals surface area contributed by atoms with Crippen molar-refractivity contribution in [2.24, 2.45) is 0 Å². The first-order chi connectivity index (χ1) is 9.79. The topological polar surface area (TPSA) is 72.9 Å². The smallest absolute Gasteiger partial charge is 0.170 e. The molecule has 1 aliphatic heterocycles. The Labute approximate surface area is 118 Å². The number of tetrazole rings is 1. The Morgan fingerprint density at radius 1 is 1.35 bits per heavy atom. The summed E-state index contributed by atoms with van der Waals surface area (Å²) < 4.78 is 1.90. The van der Waals surface area contributed by atoms with Crippen LogP contribution in [0.3, 0.4) is 0 Å². The Hall–Kier alpha value is -2.11. The molecule has 0 spiro atoms. The van der Waals surface area contributed by atoms with Gasteiger partial charge in [-0.3, -0.25) is 0 Å². The molecular formula is C14H20N6. The number of hydrogen-bond donors (Lipinski definition) is 1. The molecule has 0 saturated heterocycles. The van der Waals surface area contributed by atoms with Crippen molar-refractivity contribution in [1.29, 1.82) is 0 Å². The van der Waals surface area contributed by atoms with E-state index in [9.17, 15) is 0 Å². The molecule has 2 heterocycles.